The van der Waals surface area contributed by atoms with Crippen LogP contribution in [0.25, 0.3) is 0 Å². The molecule has 3 heteroatoms. The SMILES string of the molecule is CC1CCCC1CNCc1ccc(O)c(Cl)c1. The Balaban J connectivity index is 1.79. The van der Waals surface area contributed by atoms with Crippen molar-refractivity contribution in [3.63, 3.8) is 0 Å². The summed E-state index contributed by atoms with van der Waals surface area (Å²) in [5.74, 6) is 1.83. The summed E-state index contributed by atoms with van der Waals surface area (Å²) >= 11 is 5.87. The maximum atomic E-state index is 9.32. The summed E-state index contributed by atoms with van der Waals surface area (Å²) in [7, 11) is 0. The molecule has 0 bridgehead atoms. The van der Waals surface area contributed by atoms with Crippen molar-refractivity contribution in [1.82, 2.24) is 5.32 Å². The van der Waals surface area contributed by atoms with Crippen LogP contribution in [0.2, 0.25) is 5.02 Å². The first-order valence-corrected chi connectivity index (χ1v) is 6.72. The number of hydrogen-bond donors (Lipinski definition) is 2. The van der Waals surface area contributed by atoms with Crippen molar-refractivity contribution >= 4 is 11.6 Å². The highest BCUT2D eigenvalue weighted by Crippen LogP contribution is 2.30. The first kappa shape index (κ1) is 12.7. The number of rotatable bonds is 4. The van der Waals surface area contributed by atoms with E-state index in [1.807, 2.05) is 12.1 Å². The molecule has 1 aromatic carbocycles. The lowest BCUT2D eigenvalue weighted by Gasteiger charge is -2.16. The van der Waals surface area contributed by atoms with Crippen molar-refractivity contribution in [2.45, 2.75) is 32.7 Å². The van der Waals surface area contributed by atoms with Gasteiger partial charge in [0, 0.05) is 6.54 Å². The average molecular weight is 254 g/mol. The van der Waals surface area contributed by atoms with Gasteiger partial charge in [-0.15, -0.1) is 0 Å². The maximum Gasteiger partial charge on any atom is 0.134 e. The first-order chi connectivity index (χ1) is 8.16. The predicted molar refractivity (Wildman–Crippen MR) is 71.3 cm³/mol. The number of hydrogen-bond acceptors (Lipinski definition) is 2. The Hall–Kier alpha value is -0.730. The summed E-state index contributed by atoms with van der Waals surface area (Å²) in [6.07, 6.45) is 4.10. The van der Waals surface area contributed by atoms with Crippen LogP contribution in [0.4, 0.5) is 0 Å². The third kappa shape index (κ3) is 3.36. The Morgan fingerprint density at radius 1 is 1.41 bits per heavy atom. The third-order valence-electron chi connectivity index (χ3n) is 3.79. The zero-order valence-electron chi connectivity index (χ0n) is 10.2. The summed E-state index contributed by atoms with van der Waals surface area (Å²) in [6, 6.07) is 5.38. The van der Waals surface area contributed by atoms with E-state index in [2.05, 4.69) is 12.2 Å². The van der Waals surface area contributed by atoms with Crippen LogP contribution in [-0.4, -0.2) is 11.7 Å². The van der Waals surface area contributed by atoms with E-state index in [1.165, 1.54) is 19.3 Å². The van der Waals surface area contributed by atoms with Gasteiger partial charge in [0.1, 0.15) is 5.75 Å². The molecule has 1 aliphatic rings. The number of benzene rings is 1. The van der Waals surface area contributed by atoms with Crippen LogP contribution < -0.4 is 5.32 Å². The predicted octanol–water partition coefficient (Wildman–Crippen LogP) is 3.57. The van der Waals surface area contributed by atoms with Crippen LogP contribution in [0.3, 0.4) is 0 Å². The van der Waals surface area contributed by atoms with Crippen LogP contribution in [0.5, 0.6) is 5.75 Å². The number of phenols is 1. The minimum Gasteiger partial charge on any atom is -0.506 e. The standard InChI is InChI=1S/C14H20ClNO/c1-10-3-2-4-12(10)9-16-8-11-5-6-14(17)13(15)7-11/h5-7,10,12,16-17H,2-4,8-9H2,1H3. The highest BCUT2D eigenvalue weighted by Gasteiger charge is 2.22. The lowest BCUT2D eigenvalue weighted by molar-refractivity contribution is 0.392. The van der Waals surface area contributed by atoms with E-state index in [9.17, 15) is 5.11 Å². The Morgan fingerprint density at radius 3 is 2.88 bits per heavy atom. The molecular formula is C14H20ClNO. The largest absolute Gasteiger partial charge is 0.506 e. The minimum atomic E-state index is 0.153. The molecule has 1 aromatic rings. The fourth-order valence-corrected chi connectivity index (χ4v) is 2.79. The summed E-state index contributed by atoms with van der Waals surface area (Å²) < 4.78 is 0. The van der Waals surface area contributed by atoms with Gasteiger partial charge in [0.05, 0.1) is 5.02 Å². The zero-order chi connectivity index (χ0) is 12.3. The molecule has 2 N–H and O–H groups in total. The fourth-order valence-electron chi connectivity index (χ4n) is 2.59. The van der Waals surface area contributed by atoms with E-state index in [0.717, 1.165) is 30.5 Å². The molecule has 0 amide bonds. The van der Waals surface area contributed by atoms with E-state index < -0.39 is 0 Å². The highest BCUT2D eigenvalue weighted by molar-refractivity contribution is 6.32. The van der Waals surface area contributed by atoms with Crippen molar-refractivity contribution < 1.29 is 5.11 Å². The van der Waals surface area contributed by atoms with Crippen molar-refractivity contribution in [3.8, 4) is 5.75 Å². The van der Waals surface area contributed by atoms with Crippen molar-refractivity contribution in [2.24, 2.45) is 11.8 Å². The van der Waals surface area contributed by atoms with Gasteiger partial charge in [0.2, 0.25) is 0 Å². The number of nitrogens with one attached hydrogen (secondary N) is 1. The highest BCUT2D eigenvalue weighted by atomic mass is 35.5. The topological polar surface area (TPSA) is 32.3 Å². The molecule has 2 atom stereocenters. The monoisotopic (exact) mass is 253 g/mol. The molecule has 17 heavy (non-hydrogen) atoms. The van der Waals surface area contributed by atoms with Gasteiger partial charge in [-0.05, 0) is 42.5 Å². The van der Waals surface area contributed by atoms with Crippen LogP contribution in [0, 0.1) is 11.8 Å². The van der Waals surface area contributed by atoms with Gasteiger partial charge in [0.25, 0.3) is 0 Å². The summed E-state index contributed by atoms with van der Waals surface area (Å²) in [5.41, 5.74) is 1.12. The van der Waals surface area contributed by atoms with Crippen molar-refractivity contribution in [3.05, 3.63) is 28.8 Å². The lowest BCUT2D eigenvalue weighted by atomic mass is 9.98. The van der Waals surface area contributed by atoms with E-state index in [-0.39, 0.29) is 5.75 Å². The van der Waals surface area contributed by atoms with Gasteiger partial charge in [-0.2, -0.15) is 0 Å². The Kier molecular flexibility index (Phi) is 4.30. The second-order valence-corrected chi connectivity index (χ2v) is 5.49. The molecule has 1 saturated carbocycles. The van der Waals surface area contributed by atoms with Crippen LogP contribution in [0.15, 0.2) is 18.2 Å². The van der Waals surface area contributed by atoms with Crippen LogP contribution in [0.1, 0.15) is 31.7 Å². The smallest absolute Gasteiger partial charge is 0.134 e. The molecule has 94 valence electrons. The molecule has 2 unspecified atom stereocenters. The van der Waals surface area contributed by atoms with Gasteiger partial charge in [-0.1, -0.05) is 37.4 Å². The van der Waals surface area contributed by atoms with Gasteiger partial charge >= 0.3 is 0 Å². The van der Waals surface area contributed by atoms with Crippen LogP contribution in [-0.2, 0) is 6.54 Å². The molecule has 0 radical (unpaired) electrons. The lowest BCUT2D eigenvalue weighted by Crippen LogP contribution is -2.23. The maximum absolute atomic E-state index is 9.32. The molecule has 0 aliphatic heterocycles. The van der Waals surface area contributed by atoms with Crippen molar-refractivity contribution in [1.29, 1.82) is 0 Å². The van der Waals surface area contributed by atoms with Crippen LogP contribution >= 0.6 is 11.6 Å². The van der Waals surface area contributed by atoms with Gasteiger partial charge in [-0.3, -0.25) is 0 Å². The molecule has 0 heterocycles. The summed E-state index contributed by atoms with van der Waals surface area (Å²) in [4.78, 5) is 0. The quantitative estimate of drug-likeness (QED) is 0.860. The van der Waals surface area contributed by atoms with E-state index in [0.29, 0.717) is 5.02 Å². The fraction of sp³-hybridized carbons (Fsp3) is 0.571. The molecule has 0 saturated heterocycles. The van der Waals surface area contributed by atoms with Crippen molar-refractivity contribution in [2.75, 3.05) is 6.54 Å². The van der Waals surface area contributed by atoms with E-state index in [4.69, 9.17) is 11.6 Å². The van der Waals surface area contributed by atoms with Gasteiger partial charge in [-0.25, -0.2) is 0 Å². The summed E-state index contributed by atoms with van der Waals surface area (Å²) in [5, 5.41) is 13.2. The number of halogens is 1. The van der Waals surface area contributed by atoms with Gasteiger partial charge in [0.15, 0.2) is 0 Å². The summed E-state index contributed by atoms with van der Waals surface area (Å²) in [6.45, 7) is 4.25. The number of aromatic hydroxyl groups is 1. The Labute approximate surface area is 108 Å². The van der Waals surface area contributed by atoms with E-state index >= 15 is 0 Å². The molecule has 1 aliphatic carbocycles. The Bertz CT molecular complexity index is 380. The first-order valence-electron chi connectivity index (χ1n) is 6.35. The molecule has 0 aromatic heterocycles. The number of phenolic OH excluding ortho intramolecular Hbond substituents is 1. The molecule has 1 fully saturated rings. The van der Waals surface area contributed by atoms with E-state index in [1.54, 1.807) is 6.07 Å². The second kappa shape index (κ2) is 5.74. The van der Waals surface area contributed by atoms with Gasteiger partial charge < -0.3 is 10.4 Å². The molecule has 2 rings (SSSR count). The minimum absolute atomic E-state index is 0.153. The average Bonchev–Trinajstić information content (AvgIpc) is 2.70. The molecule has 2 nitrogen and oxygen atoms in total. The Morgan fingerprint density at radius 2 is 2.24 bits per heavy atom. The second-order valence-electron chi connectivity index (χ2n) is 5.08. The molecular weight excluding hydrogens is 234 g/mol. The third-order valence-corrected chi connectivity index (χ3v) is 4.09. The normalized spacial score (nSPS) is 24.1. The molecule has 0 spiro atoms. The zero-order valence-corrected chi connectivity index (χ0v) is 11.0.